The summed E-state index contributed by atoms with van der Waals surface area (Å²) in [7, 11) is 0. The van der Waals surface area contributed by atoms with Crippen LogP contribution in [0.4, 0.5) is 0 Å². The summed E-state index contributed by atoms with van der Waals surface area (Å²) in [6, 6.07) is 19.1. The smallest absolute Gasteiger partial charge is 0.194 e. The number of ether oxygens (including phenoxy) is 1. The number of nitriles is 1. The predicted molar refractivity (Wildman–Crippen MR) is 97.6 cm³/mol. The fourth-order valence-corrected chi connectivity index (χ4v) is 3.19. The van der Waals surface area contributed by atoms with Crippen LogP contribution in [-0.2, 0) is 4.79 Å². The summed E-state index contributed by atoms with van der Waals surface area (Å²) in [5, 5.41) is 11.8. The van der Waals surface area contributed by atoms with Crippen molar-refractivity contribution in [3.05, 3.63) is 70.5 Å². The van der Waals surface area contributed by atoms with Gasteiger partial charge in [0.15, 0.2) is 11.7 Å². The van der Waals surface area contributed by atoms with Gasteiger partial charge in [-0.3, -0.25) is 4.79 Å². The van der Waals surface area contributed by atoms with Crippen LogP contribution in [0.25, 0.3) is 11.3 Å². The molecule has 1 atom stereocenters. The van der Waals surface area contributed by atoms with Crippen LogP contribution >= 0.6 is 11.3 Å². The largest absolute Gasteiger partial charge is 0.486 e. The van der Waals surface area contributed by atoms with E-state index in [9.17, 15) is 10.1 Å². The molecule has 5 heteroatoms. The number of Topliss-reactive ketones (excluding diaryl/α,β-unsaturated/α-hetero) is 1. The van der Waals surface area contributed by atoms with Gasteiger partial charge in [0.2, 0.25) is 0 Å². The molecule has 25 heavy (non-hydrogen) atoms. The van der Waals surface area contributed by atoms with E-state index >= 15 is 0 Å². The number of aromatic nitrogens is 1. The minimum absolute atomic E-state index is 0.151. The lowest BCUT2D eigenvalue weighted by atomic mass is 10.1. The highest BCUT2D eigenvalue weighted by Crippen LogP contribution is 2.27. The summed E-state index contributed by atoms with van der Waals surface area (Å²) < 4.78 is 5.45. The van der Waals surface area contributed by atoms with Gasteiger partial charge in [0, 0.05) is 10.9 Å². The SMILES string of the molecule is Cc1ccc(-c2csc(C(C#N)C(=O)COc3ccccc3)n2)cc1. The number of benzene rings is 2. The molecular formula is C20H16N2O2S. The number of hydrogen-bond donors (Lipinski definition) is 0. The van der Waals surface area contributed by atoms with Crippen LogP contribution < -0.4 is 4.74 Å². The van der Waals surface area contributed by atoms with Gasteiger partial charge in [-0.2, -0.15) is 5.26 Å². The fourth-order valence-electron chi connectivity index (χ4n) is 2.30. The number of carbonyl (C=O) groups is 1. The first-order valence-corrected chi connectivity index (χ1v) is 8.68. The quantitative estimate of drug-likeness (QED) is 0.663. The van der Waals surface area contributed by atoms with E-state index in [1.807, 2.05) is 60.8 Å². The molecule has 4 nitrogen and oxygen atoms in total. The van der Waals surface area contributed by atoms with E-state index in [0.29, 0.717) is 10.8 Å². The van der Waals surface area contributed by atoms with Gasteiger partial charge in [-0.05, 0) is 19.1 Å². The standard InChI is InChI=1S/C20H16N2O2S/c1-14-7-9-15(10-8-14)18-13-25-20(22-18)17(11-21)19(23)12-24-16-5-3-2-4-6-16/h2-10,13,17H,12H2,1H3. The average Bonchev–Trinajstić information content (AvgIpc) is 3.12. The van der Waals surface area contributed by atoms with Crippen molar-refractivity contribution in [3.63, 3.8) is 0 Å². The summed E-state index contributed by atoms with van der Waals surface area (Å²) in [4.78, 5) is 16.8. The molecule has 3 aromatic rings. The molecule has 0 aliphatic heterocycles. The van der Waals surface area contributed by atoms with E-state index < -0.39 is 5.92 Å². The van der Waals surface area contributed by atoms with Crippen molar-refractivity contribution in [3.8, 4) is 23.1 Å². The first kappa shape index (κ1) is 16.9. The highest BCUT2D eigenvalue weighted by molar-refractivity contribution is 7.10. The van der Waals surface area contributed by atoms with Crippen LogP contribution in [0, 0.1) is 18.3 Å². The van der Waals surface area contributed by atoms with E-state index in [-0.39, 0.29) is 12.4 Å². The molecule has 0 saturated carbocycles. The molecule has 0 fully saturated rings. The Kier molecular flexibility index (Phi) is 5.22. The lowest BCUT2D eigenvalue weighted by molar-refractivity contribution is -0.121. The van der Waals surface area contributed by atoms with Crippen LogP contribution in [0.15, 0.2) is 60.0 Å². The average molecular weight is 348 g/mol. The lowest BCUT2D eigenvalue weighted by Gasteiger charge is -2.07. The molecular weight excluding hydrogens is 332 g/mol. The van der Waals surface area contributed by atoms with Crippen LogP contribution in [0.2, 0.25) is 0 Å². The van der Waals surface area contributed by atoms with Gasteiger partial charge in [-0.25, -0.2) is 4.98 Å². The normalized spacial score (nSPS) is 11.5. The second-order valence-corrected chi connectivity index (χ2v) is 6.46. The van der Waals surface area contributed by atoms with Gasteiger partial charge in [0.25, 0.3) is 0 Å². The molecule has 2 aromatic carbocycles. The molecule has 0 bridgehead atoms. The molecule has 1 heterocycles. The highest BCUT2D eigenvalue weighted by Gasteiger charge is 2.24. The lowest BCUT2D eigenvalue weighted by Crippen LogP contribution is -2.19. The van der Waals surface area contributed by atoms with Crippen molar-refractivity contribution < 1.29 is 9.53 Å². The second-order valence-electron chi connectivity index (χ2n) is 5.57. The number of carbonyl (C=O) groups excluding carboxylic acids is 1. The van der Waals surface area contributed by atoms with Crippen molar-refractivity contribution in [2.75, 3.05) is 6.61 Å². The molecule has 0 aliphatic carbocycles. The van der Waals surface area contributed by atoms with E-state index in [1.165, 1.54) is 16.9 Å². The monoisotopic (exact) mass is 348 g/mol. The molecule has 1 aromatic heterocycles. The fraction of sp³-hybridized carbons (Fsp3) is 0.150. The molecule has 0 aliphatic rings. The van der Waals surface area contributed by atoms with Gasteiger partial charge in [-0.15, -0.1) is 11.3 Å². The Balaban J connectivity index is 1.71. The number of thiazole rings is 1. The van der Waals surface area contributed by atoms with Crippen LogP contribution in [0.5, 0.6) is 5.75 Å². The Morgan fingerprint density at radius 3 is 2.60 bits per heavy atom. The van der Waals surface area contributed by atoms with Gasteiger partial charge in [0.1, 0.15) is 17.4 Å². The van der Waals surface area contributed by atoms with Crippen LogP contribution in [0.1, 0.15) is 16.5 Å². The Morgan fingerprint density at radius 2 is 1.92 bits per heavy atom. The third kappa shape index (κ3) is 4.11. The Bertz CT molecular complexity index is 895. The number of nitrogens with zero attached hydrogens (tertiary/aromatic N) is 2. The molecule has 0 radical (unpaired) electrons. The van der Waals surface area contributed by atoms with Crippen LogP contribution in [0.3, 0.4) is 0 Å². The number of hydrogen-bond acceptors (Lipinski definition) is 5. The van der Waals surface area contributed by atoms with Crippen molar-refractivity contribution in [2.45, 2.75) is 12.8 Å². The number of aryl methyl sites for hydroxylation is 1. The van der Waals surface area contributed by atoms with Crippen LogP contribution in [-0.4, -0.2) is 17.4 Å². The van der Waals surface area contributed by atoms with E-state index in [0.717, 1.165) is 11.3 Å². The van der Waals surface area contributed by atoms with E-state index in [2.05, 4.69) is 4.98 Å². The molecule has 0 saturated heterocycles. The van der Waals surface area contributed by atoms with E-state index in [1.54, 1.807) is 12.1 Å². The first-order chi connectivity index (χ1) is 12.2. The van der Waals surface area contributed by atoms with Gasteiger partial charge < -0.3 is 4.74 Å². The molecule has 1 unspecified atom stereocenters. The van der Waals surface area contributed by atoms with Gasteiger partial charge in [0.05, 0.1) is 11.8 Å². The van der Waals surface area contributed by atoms with Gasteiger partial charge >= 0.3 is 0 Å². The Labute approximate surface area is 150 Å². The maximum Gasteiger partial charge on any atom is 0.194 e. The van der Waals surface area contributed by atoms with Crippen molar-refractivity contribution >= 4 is 17.1 Å². The molecule has 124 valence electrons. The Morgan fingerprint density at radius 1 is 1.20 bits per heavy atom. The van der Waals surface area contributed by atoms with E-state index in [4.69, 9.17) is 4.74 Å². The zero-order chi connectivity index (χ0) is 17.6. The molecule has 3 rings (SSSR count). The summed E-state index contributed by atoms with van der Waals surface area (Å²) in [5.41, 5.74) is 2.91. The number of ketones is 1. The number of para-hydroxylation sites is 1. The van der Waals surface area contributed by atoms with Crippen molar-refractivity contribution in [2.24, 2.45) is 0 Å². The van der Waals surface area contributed by atoms with Crippen molar-refractivity contribution in [1.29, 1.82) is 5.26 Å². The third-order valence-corrected chi connectivity index (χ3v) is 4.60. The molecule has 0 spiro atoms. The predicted octanol–water partition coefficient (Wildman–Crippen LogP) is 4.37. The Hall–Kier alpha value is -2.97. The number of rotatable bonds is 6. The maximum atomic E-state index is 12.4. The van der Waals surface area contributed by atoms with Crippen molar-refractivity contribution in [1.82, 2.24) is 4.98 Å². The first-order valence-electron chi connectivity index (χ1n) is 7.80. The topological polar surface area (TPSA) is 63.0 Å². The zero-order valence-electron chi connectivity index (χ0n) is 13.7. The molecule has 0 N–H and O–H groups in total. The highest BCUT2D eigenvalue weighted by atomic mass is 32.1. The summed E-state index contributed by atoms with van der Waals surface area (Å²) >= 11 is 1.32. The maximum absolute atomic E-state index is 12.4. The zero-order valence-corrected chi connectivity index (χ0v) is 14.5. The minimum Gasteiger partial charge on any atom is -0.486 e. The summed E-state index contributed by atoms with van der Waals surface area (Å²) in [6.45, 7) is 1.87. The summed E-state index contributed by atoms with van der Waals surface area (Å²) in [6.07, 6.45) is 0. The summed E-state index contributed by atoms with van der Waals surface area (Å²) in [5.74, 6) is -0.601. The minimum atomic E-state index is -0.909. The van der Waals surface area contributed by atoms with Gasteiger partial charge in [-0.1, -0.05) is 48.0 Å². The molecule has 0 amide bonds. The second kappa shape index (κ2) is 7.73. The third-order valence-electron chi connectivity index (χ3n) is 3.69.